The highest BCUT2D eigenvalue weighted by atomic mass is 19.4. The summed E-state index contributed by atoms with van der Waals surface area (Å²) in [4.78, 5) is 12.8. The molecule has 116 valence electrons. The summed E-state index contributed by atoms with van der Waals surface area (Å²) in [5.74, 6) is 0.0838. The normalized spacial score (nSPS) is 13.9. The molecule has 1 aliphatic heterocycles. The van der Waals surface area contributed by atoms with E-state index in [0.29, 0.717) is 29.6 Å². The van der Waals surface area contributed by atoms with Gasteiger partial charge in [-0.25, -0.2) is 0 Å². The van der Waals surface area contributed by atoms with E-state index in [4.69, 9.17) is 15.2 Å². The quantitative estimate of drug-likeness (QED) is 0.914. The lowest BCUT2D eigenvalue weighted by molar-refractivity contribution is -0.140. The molecule has 1 heterocycles. The van der Waals surface area contributed by atoms with Crippen molar-refractivity contribution in [1.29, 1.82) is 0 Å². The van der Waals surface area contributed by atoms with Gasteiger partial charge in [-0.15, -0.1) is 0 Å². The number of hydrogen-bond donors (Lipinski definition) is 1. The first-order valence-corrected chi connectivity index (χ1v) is 6.36. The van der Waals surface area contributed by atoms with Crippen LogP contribution in [0, 0.1) is 0 Å². The Morgan fingerprint density at radius 2 is 1.90 bits per heavy atom. The van der Waals surface area contributed by atoms with E-state index in [0.717, 1.165) is 0 Å². The molecule has 1 aromatic rings. The Balaban J connectivity index is 2.20. The molecule has 0 saturated carbocycles. The van der Waals surface area contributed by atoms with E-state index < -0.39 is 18.6 Å². The Morgan fingerprint density at radius 1 is 1.24 bits per heavy atom. The molecule has 1 amide bonds. The minimum atomic E-state index is -4.47. The Morgan fingerprint density at radius 3 is 2.52 bits per heavy atom. The minimum absolute atomic E-state index is 0.0492. The van der Waals surface area contributed by atoms with Crippen molar-refractivity contribution < 1.29 is 27.4 Å². The fourth-order valence-corrected chi connectivity index (χ4v) is 1.98. The molecule has 0 radical (unpaired) electrons. The van der Waals surface area contributed by atoms with E-state index in [9.17, 15) is 18.0 Å². The summed E-state index contributed by atoms with van der Waals surface area (Å²) in [5.41, 5.74) is 5.38. The zero-order chi connectivity index (χ0) is 15.5. The largest absolute Gasteiger partial charge is 0.486 e. The molecule has 21 heavy (non-hydrogen) atoms. The topological polar surface area (TPSA) is 64.8 Å². The number of benzene rings is 1. The van der Waals surface area contributed by atoms with Crippen molar-refractivity contribution in [2.24, 2.45) is 5.73 Å². The number of carbonyl (C=O) groups is 1. The van der Waals surface area contributed by atoms with Gasteiger partial charge in [0.05, 0.1) is 0 Å². The van der Waals surface area contributed by atoms with E-state index in [1.54, 1.807) is 0 Å². The van der Waals surface area contributed by atoms with Crippen molar-refractivity contribution in [3.63, 3.8) is 0 Å². The Kier molecular flexibility index (Phi) is 4.56. The first-order chi connectivity index (χ1) is 9.90. The van der Waals surface area contributed by atoms with Crippen LogP contribution >= 0.6 is 0 Å². The van der Waals surface area contributed by atoms with Crippen molar-refractivity contribution in [2.45, 2.75) is 6.18 Å². The van der Waals surface area contributed by atoms with Gasteiger partial charge in [0.15, 0.2) is 11.5 Å². The fraction of sp³-hybridized carbons (Fsp3) is 0.462. The predicted molar refractivity (Wildman–Crippen MR) is 68.4 cm³/mol. The maximum absolute atomic E-state index is 12.5. The first kappa shape index (κ1) is 15.4. The number of ether oxygens (including phenoxy) is 2. The SMILES string of the molecule is NCCN(CC(F)(F)F)C(=O)c1ccc2c(c1)OCCO2. The van der Waals surface area contributed by atoms with Gasteiger partial charge in [-0.2, -0.15) is 13.2 Å². The van der Waals surface area contributed by atoms with Crippen LogP contribution in [0.1, 0.15) is 10.4 Å². The summed E-state index contributed by atoms with van der Waals surface area (Å²) < 4.78 is 48.1. The maximum atomic E-state index is 12.5. The van der Waals surface area contributed by atoms with Crippen LogP contribution in [0.25, 0.3) is 0 Å². The zero-order valence-corrected chi connectivity index (χ0v) is 11.2. The molecule has 0 spiro atoms. The van der Waals surface area contributed by atoms with Crippen molar-refractivity contribution in [1.82, 2.24) is 4.90 Å². The zero-order valence-electron chi connectivity index (χ0n) is 11.2. The number of fused-ring (bicyclic) bond motifs is 1. The smallest absolute Gasteiger partial charge is 0.406 e. The molecule has 0 aliphatic carbocycles. The summed E-state index contributed by atoms with van der Waals surface area (Å²) in [7, 11) is 0. The van der Waals surface area contributed by atoms with E-state index in [-0.39, 0.29) is 18.7 Å². The number of nitrogens with zero attached hydrogens (tertiary/aromatic N) is 1. The van der Waals surface area contributed by atoms with Gasteiger partial charge in [0.25, 0.3) is 5.91 Å². The number of halogens is 3. The molecule has 1 aliphatic rings. The van der Waals surface area contributed by atoms with Gasteiger partial charge in [0, 0.05) is 18.7 Å². The molecule has 8 heteroatoms. The molecule has 0 atom stereocenters. The second kappa shape index (κ2) is 6.21. The Labute approximate surface area is 119 Å². The molecule has 0 bridgehead atoms. The average Bonchev–Trinajstić information content (AvgIpc) is 2.44. The third-order valence-corrected chi connectivity index (χ3v) is 2.85. The van der Waals surface area contributed by atoms with Crippen LogP contribution in [0.5, 0.6) is 11.5 Å². The van der Waals surface area contributed by atoms with E-state index in [1.807, 2.05) is 0 Å². The lowest BCUT2D eigenvalue weighted by Crippen LogP contribution is -2.41. The monoisotopic (exact) mass is 304 g/mol. The number of amides is 1. The van der Waals surface area contributed by atoms with Gasteiger partial charge in [0.2, 0.25) is 0 Å². The number of alkyl halides is 3. The van der Waals surface area contributed by atoms with Crippen molar-refractivity contribution in [3.8, 4) is 11.5 Å². The minimum Gasteiger partial charge on any atom is -0.486 e. The van der Waals surface area contributed by atoms with Crippen LogP contribution < -0.4 is 15.2 Å². The standard InChI is InChI=1S/C13H15F3N2O3/c14-13(15,16)8-18(4-3-17)12(19)9-1-2-10-11(7-9)21-6-5-20-10/h1-2,7H,3-6,8,17H2. The number of nitrogens with two attached hydrogens (primary N) is 1. The predicted octanol–water partition coefficient (Wildman–Crippen LogP) is 1.42. The van der Waals surface area contributed by atoms with Gasteiger partial charge < -0.3 is 20.1 Å². The summed E-state index contributed by atoms with van der Waals surface area (Å²) in [5, 5.41) is 0. The fourth-order valence-electron chi connectivity index (χ4n) is 1.98. The molecule has 0 fully saturated rings. The van der Waals surface area contributed by atoms with Crippen molar-refractivity contribution >= 4 is 5.91 Å². The van der Waals surface area contributed by atoms with E-state index in [1.165, 1.54) is 18.2 Å². The summed E-state index contributed by atoms with van der Waals surface area (Å²) >= 11 is 0. The van der Waals surface area contributed by atoms with Gasteiger partial charge >= 0.3 is 6.18 Å². The Bertz CT molecular complexity index is 520. The van der Waals surface area contributed by atoms with Gasteiger partial charge in [-0.05, 0) is 18.2 Å². The van der Waals surface area contributed by atoms with E-state index >= 15 is 0 Å². The lowest BCUT2D eigenvalue weighted by atomic mass is 10.1. The highest BCUT2D eigenvalue weighted by Gasteiger charge is 2.33. The molecular weight excluding hydrogens is 289 g/mol. The van der Waals surface area contributed by atoms with Crippen LogP contribution in [0.4, 0.5) is 13.2 Å². The number of hydrogen-bond acceptors (Lipinski definition) is 4. The highest BCUT2D eigenvalue weighted by molar-refractivity contribution is 5.95. The van der Waals surface area contributed by atoms with Gasteiger partial charge in [-0.3, -0.25) is 4.79 Å². The molecule has 0 unspecified atom stereocenters. The van der Waals surface area contributed by atoms with Crippen LogP contribution in [0.3, 0.4) is 0 Å². The molecule has 1 aromatic carbocycles. The van der Waals surface area contributed by atoms with Crippen LogP contribution in [-0.4, -0.2) is 49.8 Å². The third kappa shape index (κ3) is 4.01. The van der Waals surface area contributed by atoms with Crippen LogP contribution in [0.2, 0.25) is 0 Å². The number of rotatable bonds is 4. The first-order valence-electron chi connectivity index (χ1n) is 6.36. The molecule has 5 nitrogen and oxygen atoms in total. The highest BCUT2D eigenvalue weighted by Crippen LogP contribution is 2.31. The van der Waals surface area contributed by atoms with E-state index in [2.05, 4.69) is 0 Å². The summed E-state index contributed by atoms with van der Waals surface area (Å²) in [6.07, 6.45) is -4.47. The molecule has 0 saturated heterocycles. The van der Waals surface area contributed by atoms with Gasteiger partial charge in [0.1, 0.15) is 19.8 Å². The van der Waals surface area contributed by atoms with Crippen molar-refractivity contribution in [2.75, 3.05) is 32.8 Å². The molecule has 2 N–H and O–H groups in total. The lowest BCUT2D eigenvalue weighted by Gasteiger charge is -2.24. The second-order valence-electron chi connectivity index (χ2n) is 4.49. The second-order valence-corrected chi connectivity index (χ2v) is 4.49. The van der Waals surface area contributed by atoms with Crippen molar-refractivity contribution in [3.05, 3.63) is 23.8 Å². The van der Waals surface area contributed by atoms with Crippen LogP contribution in [0.15, 0.2) is 18.2 Å². The summed E-state index contributed by atoms with van der Waals surface area (Å²) in [6.45, 7) is -0.829. The average molecular weight is 304 g/mol. The molecule has 0 aromatic heterocycles. The third-order valence-electron chi connectivity index (χ3n) is 2.85. The summed E-state index contributed by atoms with van der Waals surface area (Å²) in [6, 6.07) is 4.31. The Hall–Kier alpha value is -1.96. The number of carbonyl (C=O) groups excluding carboxylic acids is 1. The maximum Gasteiger partial charge on any atom is 0.406 e. The van der Waals surface area contributed by atoms with Crippen LogP contribution in [-0.2, 0) is 0 Å². The molecule has 2 rings (SSSR count). The molecular formula is C13H15F3N2O3. The van der Waals surface area contributed by atoms with Gasteiger partial charge in [-0.1, -0.05) is 0 Å².